The minimum absolute atomic E-state index is 0.518. The molecule has 0 unspecified atom stereocenters. The van der Waals surface area contributed by atoms with Crippen LogP contribution >= 0.6 is 0 Å². The predicted molar refractivity (Wildman–Crippen MR) is 37.3 cm³/mol. The van der Waals surface area contributed by atoms with Crippen molar-refractivity contribution in [1.29, 1.82) is 0 Å². The molecule has 0 amide bonds. The lowest BCUT2D eigenvalue weighted by molar-refractivity contribution is 0.115. The van der Waals surface area contributed by atoms with E-state index in [2.05, 4.69) is 13.5 Å². The second kappa shape index (κ2) is 5.63. The van der Waals surface area contributed by atoms with Crippen LogP contribution in [0, 0.1) is 0 Å². The molecule has 0 heterocycles. The van der Waals surface area contributed by atoms with E-state index < -0.39 is 0 Å². The zero-order valence-corrected chi connectivity index (χ0v) is 6.14. The molecule has 0 fully saturated rings. The van der Waals surface area contributed by atoms with Gasteiger partial charge >= 0.3 is 0 Å². The largest absolute Gasteiger partial charge is 0.499 e. The first-order valence-corrected chi connectivity index (χ1v) is 3.10. The van der Waals surface area contributed by atoms with Crippen molar-refractivity contribution in [2.24, 2.45) is 0 Å². The summed E-state index contributed by atoms with van der Waals surface area (Å²) in [5.74, 6) is 0.684. The Hall–Kier alpha value is -0.500. The molecule has 0 aliphatic rings. The zero-order chi connectivity index (χ0) is 7.11. The Labute approximate surface area is 56.5 Å². The lowest BCUT2D eigenvalue weighted by Gasteiger charge is -2.03. The van der Waals surface area contributed by atoms with Gasteiger partial charge < -0.3 is 9.47 Å². The van der Waals surface area contributed by atoms with E-state index in [4.69, 9.17) is 9.47 Å². The van der Waals surface area contributed by atoms with Crippen molar-refractivity contribution < 1.29 is 9.47 Å². The highest BCUT2D eigenvalue weighted by Gasteiger charge is 1.88. The lowest BCUT2D eigenvalue weighted by atomic mass is 10.5. The summed E-state index contributed by atoms with van der Waals surface area (Å²) < 4.78 is 9.89. The topological polar surface area (TPSA) is 18.5 Å². The first-order chi connectivity index (χ1) is 4.31. The van der Waals surface area contributed by atoms with Gasteiger partial charge in [-0.05, 0) is 6.42 Å². The molecule has 2 nitrogen and oxygen atoms in total. The molecule has 0 aromatic carbocycles. The van der Waals surface area contributed by atoms with Gasteiger partial charge in [0.15, 0.2) is 0 Å². The molecular formula is C7H14O2. The third-order valence-electron chi connectivity index (χ3n) is 0.900. The normalized spacial score (nSPS) is 9.11. The van der Waals surface area contributed by atoms with Gasteiger partial charge in [-0.15, -0.1) is 0 Å². The van der Waals surface area contributed by atoms with Crippen molar-refractivity contribution in [3.8, 4) is 0 Å². The Bertz CT molecular complexity index is 79.0. The van der Waals surface area contributed by atoms with Crippen molar-refractivity contribution in [2.45, 2.75) is 13.3 Å². The smallest absolute Gasteiger partial charge is 0.114 e. The van der Waals surface area contributed by atoms with Gasteiger partial charge in [-0.1, -0.05) is 13.5 Å². The Kier molecular flexibility index (Phi) is 5.32. The summed E-state index contributed by atoms with van der Waals surface area (Å²) in [6.45, 7) is 6.96. The molecule has 54 valence electrons. The van der Waals surface area contributed by atoms with Gasteiger partial charge in [-0.25, -0.2) is 0 Å². The molecular weight excluding hydrogens is 116 g/mol. The van der Waals surface area contributed by atoms with Gasteiger partial charge in [0.05, 0.1) is 7.11 Å². The van der Waals surface area contributed by atoms with Crippen molar-refractivity contribution in [1.82, 2.24) is 0 Å². The average Bonchev–Trinajstić information content (AvgIpc) is 1.89. The summed E-state index contributed by atoms with van der Waals surface area (Å²) in [5, 5.41) is 0. The van der Waals surface area contributed by atoms with E-state index in [9.17, 15) is 0 Å². The van der Waals surface area contributed by atoms with Gasteiger partial charge in [0.2, 0.25) is 0 Å². The van der Waals surface area contributed by atoms with Gasteiger partial charge in [0.1, 0.15) is 12.4 Å². The minimum Gasteiger partial charge on any atom is -0.499 e. The summed E-state index contributed by atoms with van der Waals surface area (Å²) in [4.78, 5) is 0. The first kappa shape index (κ1) is 8.50. The Morgan fingerprint density at radius 1 is 1.56 bits per heavy atom. The standard InChI is InChI=1S/C7H14O2/c1-4-5-9-6-7(2)8-3/h2,4-6H2,1,3H3. The molecule has 0 saturated heterocycles. The number of ether oxygens (including phenoxy) is 2. The number of hydrogen-bond acceptors (Lipinski definition) is 2. The second-order valence-corrected chi connectivity index (χ2v) is 1.80. The summed E-state index contributed by atoms with van der Waals surface area (Å²) >= 11 is 0. The maximum Gasteiger partial charge on any atom is 0.114 e. The van der Waals surface area contributed by atoms with E-state index in [1.807, 2.05) is 0 Å². The van der Waals surface area contributed by atoms with Crippen molar-refractivity contribution in [2.75, 3.05) is 20.3 Å². The van der Waals surface area contributed by atoms with Crippen LogP contribution in [0.2, 0.25) is 0 Å². The van der Waals surface area contributed by atoms with Gasteiger partial charge in [-0.3, -0.25) is 0 Å². The van der Waals surface area contributed by atoms with Gasteiger partial charge in [0.25, 0.3) is 0 Å². The summed E-state index contributed by atoms with van der Waals surface area (Å²) in [6, 6.07) is 0. The number of methoxy groups -OCH3 is 1. The van der Waals surface area contributed by atoms with Crippen LogP contribution in [0.1, 0.15) is 13.3 Å². The fourth-order valence-electron chi connectivity index (χ4n) is 0.389. The highest BCUT2D eigenvalue weighted by molar-refractivity contribution is 4.80. The third kappa shape index (κ3) is 5.37. The maximum absolute atomic E-state index is 5.11. The lowest BCUT2D eigenvalue weighted by Crippen LogP contribution is -1.99. The molecule has 0 aliphatic heterocycles. The van der Waals surface area contributed by atoms with Crippen molar-refractivity contribution >= 4 is 0 Å². The average molecular weight is 130 g/mol. The predicted octanol–water partition coefficient (Wildman–Crippen LogP) is 1.57. The Morgan fingerprint density at radius 2 is 2.22 bits per heavy atom. The van der Waals surface area contributed by atoms with E-state index in [0.717, 1.165) is 13.0 Å². The summed E-state index contributed by atoms with van der Waals surface area (Å²) in [5.41, 5.74) is 0. The molecule has 0 radical (unpaired) electrons. The van der Waals surface area contributed by atoms with Crippen LogP contribution in [0.5, 0.6) is 0 Å². The fraction of sp³-hybridized carbons (Fsp3) is 0.714. The molecule has 0 N–H and O–H groups in total. The highest BCUT2D eigenvalue weighted by atomic mass is 16.5. The van der Waals surface area contributed by atoms with E-state index >= 15 is 0 Å². The molecule has 9 heavy (non-hydrogen) atoms. The molecule has 0 aliphatic carbocycles. The molecule has 0 rings (SSSR count). The minimum atomic E-state index is 0.518. The van der Waals surface area contributed by atoms with Gasteiger partial charge in [-0.2, -0.15) is 0 Å². The van der Waals surface area contributed by atoms with Crippen LogP contribution in [0.4, 0.5) is 0 Å². The van der Waals surface area contributed by atoms with Crippen LogP contribution in [0.3, 0.4) is 0 Å². The van der Waals surface area contributed by atoms with Crippen molar-refractivity contribution in [3.05, 3.63) is 12.3 Å². The maximum atomic E-state index is 5.11. The molecule has 0 spiro atoms. The summed E-state index contributed by atoms with van der Waals surface area (Å²) in [7, 11) is 1.59. The number of hydrogen-bond donors (Lipinski definition) is 0. The van der Waals surface area contributed by atoms with Crippen LogP contribution in [-0.2, 0) is 9.47 Å². The van der Waals surface area contributed by atoms with Crippen LogP contribution < -0.4 is 0 Å². The molecule has 0 bridgehead atoms. The Balaban J connectivity index is 2.97. The van der Waals surface area contributed by atoms with Crippen LogP contribution in [0.25, 0.3) is 0 Å². The first-order valence-electron chi connectivity index (χ1n) is 3.10. The van der Waals surface area contributed by atoms with Crippen LogP contribution in [0.15, 0.2) is 12.3 Å². The number of rotatable bonds is 5. The van der Waals surface area contributed by atoms with E-state index in [1.165, 1.54) is 0 Å². The third-order valence-corrected chi connectivity index (χ3v) is 0.900. The van der Waals surface area contributed by atoms with E-state index in [0.29, 0.717) is 12.4 Å². The van der Waals surface area contributed by atoms with E-state index in [-0.39, 0.29) is 0 Å². The second-order valence-electron chi connectivity index (χ2n) is 1.80. The monoisotopic (exact) mass is 130 g/mol. The molecule has 0 aromatic rings. The Morgan fingerprint density at radius 3 is 2.67 bits per heavy atom. The van der Waals surface area contributed by atoms with Crippen LogP contribution in [-0.4, -0.2) is 20.3 Å². The SMILES string of the molecule is C=C(COCCC)OC. The molecule has 0 saturated carbocycles. The molecule has 0 aromatic heterocycles. The fourth-order valence-corrected chi connectivity index (χ4v) is 0.389. The van der Waals surface area contributed by atoms with E-state index in [1.54, 1.807) is 7.11 Å². The van der Waals surface area contributed by atoms with Gasteiger partial charge in [0, 0.05) is 6.61 Å². The summed E-state index contributed by atoms with van der Waals surface area (Å²) in [6.07, 6.45) is 1.04. The molecule has 2 heteroatoms. The van der Waals surface area contributed by atoms with Crippen molar-refractivity contribution in [3.63, 3.8) is 0 Å². The quantitative estimate of drug-likeness (QED) is 0.415. The molecule has 0 atom stereocenters. The highest BCUT2D eigenvalue weighted by Crippen LogP contribution is 1.91. The zero-order valence-electron chi connectivity index (χ0n) is 6.14.